The maximum atomic E-state index is 13.1. The number of hydrogen-bond acceptors (Lipinski definition) is 7. The number of nitrogens with one attached hydrogen (secondary N) is 1. The van der Waals surface area contributed by atoms with E-state index in [-0.39, 0.29) is 17.5 Å². The summed E-state index contributed by atoms with van der Waals surface area (Å²) in [6, 6.07) is 13.6. The number of carbonyl (C=O) groups is 1. The average molecular weight is 453 g/mol. The Hall–Kier alpha value is -1.94. The quantitative estimate of drug-likeness (QED) is 0.300. The monoisotopic (exact) mass is 452 g/mol. The minimum atomic E-state index is -0.356. The minimum absolute atomic E-state index is 0.157. The predicted molar refractivity (Wildman–Crippen MR) is 114 cm³/mol. The molecule has 0 aliphatic heterocycles. The molecule has 144 valence electrons. The number of thioether (sulfide) groups is 2. The van der Waals surface area contributed by atoms with Gasteiger partial charge < -0.3 is 0 Å². The van der Waals surface area contributed by atoms with Crippen molar-refractivity contribution >= 4 is 58.6 Å². The first-order chi connectivity index (χ1) is 13.6. The number of hydrogen-bond donors (Lipinski definition) is 1. The first-order valence-corrected chi connectivity index (χ1v) is 11.2. The summed E-state index contributed by atoms with van der Waals surface area (Å²) >= 11 is 10.4. The van der Waals surface area contributed by atoms with Crippen LogP contribution in [0.4, 0.5) is 4.39 Å². The van der Waals surface area contributed by atoms with E-state index in [9.17, 15) is 9.18 Å². The predicted octanol–water partition coefficient (Wildman–Crippen LogP) is 4.87. The van der Waals surface area contributed by atoms with Crippen LogP contribution in [-0.4, -0.2) is 28.1 Å². The lowest BCUT2D eigenvalue weighted by atomic mass is 10.2. The Bertz CT molecular complexity index is 983. The molecule has 0 aliphatic rings. The van der Waals surface area contributed by atoms with E-state index in [0.29, 0.717) is 15.7 Å². The van der Waals surface area contributed by atoms with Crippen molar-refractivity contribution < 1.29 is 9.18 Å². The van der Waals surface area contributed by atoms with Crippen LogP contribution in [0.3, 0.4) is 0 Å². The summed E-state index contributed by atoms with van der Waals surface area (Å²) < 4.78 is 14.6. The van der Waals surface area contributed by atoms with Crippen LogP contribution < -0.4 is 5.43 Å². The third-order valence-electron chi connectivity index (χ3n) is 3.28. The maximum absolute atomic E-state index is 13.1. The molecule has 3 aromatic rings. The molecule has 0 unspecified atom stereocenters. The summed E-state index contributed by atoms with van der Waals surface area (Å²) in [7, 11) is 0. The van der Waals surface area contributed by atoms with Crippen LogP contribution in [-0.2, 0) is 10.5 Å². The van der Waals surface area contributed by atoms with Gasteiger partial charge in [-0.3, -0.25) is 4.79 Å². The topological polar surface area (TPSA) is 67.2 Å². The number of nitrogens with zero attached hydrogens (tertiary/aromatic N) is 3. The first-order valence-electron chi connectivity index (χ1n) is 8.00. The standard InChI is InChI=1S/C18H14ClFN4OS3/c19-15-7-2-1-5-13(15)10-26-17-23-24-18(28-17)27-11-16(25)22-21-9-12-4-3-6-14(20)8-12/h1-9H,10-11H2,(H,22,25)/b21-9+. The van der Waals surface area contributed by atoms with Gasteiger partial charge in [0.2, 0.25) is 0 Å². The Morgan fingerprint density at radius 2 is 1.96 bits per heavy atom. The molecular formula is C18H14ClFN4OS3. The van der Waals surface area contributed by atoms with Gasteiger partial charge in [0.15, 0.2) is 8.68 Å². The van der Waals surface area contributed by atoms with E-state index >= 15 is 0 Å². The van der Waals surface area contributed by atoms with Crippen molar-refractivity contribution in [2.24, 2.45) is 5.10 Å². The summed E-state index contributed by atoms with van der Waals surface area (Å²) in [6.45, 7) is 0. The van der Waals surface area contributed by atoms with Gasteiger partial charge in [-0.05, 0) is 29.3 Å². The average Bonchev–Trinajstić information content (AvgIpc) is 3.14. The highest BCUT2D eigenvalue weighted by Crippen LogP contribution is 2.32. The van der Waals surface area contributed by atoms with Gasteiger partial charge in [-0.25, -0.2) is 9.82 Å². The molecule has 2 aromatic carbocycles. The van der Waals surface area contributed by atoms with Gasteiger partial charge >= 0.3 is 0 Å². The number of carbonyl (C=O) groups excluding carboxylic acids is 1. The van der Waals surface area contributed by atoms with Crippen LogP contribution in [0, 0.1) is 5.82 Å². The zero-order chi connectivity index (χ0) is 19.8. The van der Waals surface area contributed by atoms with Crippen molar-refractivity contribution in [3.8, 4) is 0 Å². The Labute approximate surface area is 178 Å². The zero-order valence-electron chi connectivity index (χ0n) is 14.3. The third kappa shape index (κ3) is 6.59. The van der Waals surface area contributed by atoms with E-state index in [0.717, 1.165) is 14.9 Å². The zero-order valence-corrected chi connectivity index (χ0v) is 17.5. The van der Waals surface area contributed by atoms with Crippen LogP contribution in [0.25, 0.3) is 0 Å². The summed E-state index contributed by atoms with van der Waals surface area (Å²) in [5, 5.41) is 12.7. The number of amides is 1. The molecule has 0 bridgehead atoms. The smallest absolute Gasteiger partial charge is 0.250 e. The maximum Gasteiger partial charge on any atom is 0.250 e. The van der Waals surface area contributed by atoms with Gasteiger partial charge in [-0.2, -0.15) is 5.10 Å². The fraction of sp³-hybridized carbons (Fsp3) is 0.111. The lowest BCUT2D eigenvalue weighted by Crippen LogP contribution is -2.19. The van der Waals surface area contributed by atoms with E-state index in [4.69, 9.17) is 11.6 Å². The molecule has 0 atom stereocenters. The molecule has 0 spiro atoms. The molecule has 0 fully saturated rings. The van der Waals surface area contributed by atoms with Gasteiger partial charge in [0.05, 0.1) is 12.0 Å². The van der Waals surface area contributed by atoms with Crippen molar-refractivity contribution in [3.63, 3.8) is 0 Å². The molecule has 10 heteroatoms. The summed E-state index contributed by atoms with van der Waals surface area (Å²) in [6.07, 6.45) is 1.39. The van der Waals surface area contributed by atoms with Crippen LogP contribution in [0.15, 0.2) is 62.3 Å². The van der Waals surface area contributed by atoms with E-state index in [1.165, 1.54) is 41.4 Å². The van der Waals surface area contributed by atoms with Crippen LogP contribution in [0.2, 0.25) is 5.02 Å². The van der Waals surface area contributed by atoms with Gasteiger partial charge in [-0.15, -0.1) is 10.2 Å². The van der Waals surface area contributed by atoms with Gasteiger partial charge in [0.25, 0.3) is 5.91 Å². The molecule has 1 amide bonds. The molecule has 0 radical (unpaired) electrons. The molecule has 0 saturated heterocycles. The van der Waals surface area contributed by atoms with E-state index < -0.39 is 0 Å². The lowest BCUT2D eigenvalue weighted by molar-refractivity contribution is -0.118. The lowest BCUT2D eigenvalue weighted by Gasteiger charge is -2.00. The molecule has 1 heterocycles. The van der Waals surface area contributed by atoms with Crippen molar-refractivity contribution in [2.75, 3.05) is 5.75 Å². The molecule has 1 N–H and O–H groups in total. The SMILES string of the molecule is O=C(CSc1nnc(SCc2ccccc2Cl)s1)N/N=C/c1cccc(F)c1. The molecule has 0 saturated carbocycles. The summed E-state index contributed by atoms with van der Waals surface area (Å²) in [5.74, 6) is 0.224. The molecule has 1 aromatic heterocycles. The molecule has 0 aliphatic carbocycles. The Balaban J connectivity index is 1.42. The number of hydrazone groups is 1. The second-order valence-electron chi connectivity index (χ2n) is 5.35. The third-order valence-corrected chi connectivity index (χ3v) is 6.88. The number of halogens is 2. The summed E-state index contributed by atoms with van der Waals surface area (Å²) in [5.41, 5.74) is 4.01. The Kier molecular flexibility index (Phi) is 7.84. The van der Waals surface area contributed by atoms with Crippen LogP contribution in [0.1, 0.15) is 11.1 Å². The Morgan fingerprint density at radius 1 is 1.18 bits per heavy atom. The highest BCUT2D eigenvalue weighted by molar-refractivity contribution is 8.03. The molecular weight excluding hydrogens is 439 g/mol. The second-order valence-corrected chi connectivity index (χ2v) is 9.18. The van der Waals surface area contributed by atoms with Gasteiger partial charge in [-0.1, -0.05) is 76.8 Å². The number of benzene rings is 2. The minimum Gasteiger partial charge on any atom is -0.272 e. The highest BCUT2D eigenvalue weighted by Gasteiger charge is 2.09. The number of rotatable bonds is 8. The van der Waals surface area contributed by atoms with Crippen molar-refractivity contribution in [2.45, 2.75) is 14.4 Å². The molecule has 28 heavy (non-hydrogen) atoms. The van der Waals surface area contributed by atoms with Crippen LogP contribution in [0.5, 0.6) is 0 Å². The highest BCUT2D eigenvalue weighted by atomic mass is 35.5. The van der Waals surface area contributed by atoms with Gasteiger partial charge in [0, 0.05) is 10.8 Å². The summed E-state index contributed by atoms with van der Waals surface area (Å²) in [4.78, 5) is 11.8. The van der Waals surface area contributed by atoms with Crippen molar-refractivity contribution in [3.05, 3.63) is 70.5 Å². The van der Waals surface area contributed by atoms with Crippen molar-refractivity contribution in [1.82, 2.24) is 15.6 Å². The van der Waals surface area contributed by atoms with Crippen LogP contribution >= 0.6 is 46.5 Å². The fourth-order valence-electron chi connectivity index (χ4n) is 1.99. The normalized spacial score (nSPS) is 11.1. The largest absolute Gasteiger partial charge is 0.272 e. The second kappa shape index (κ2) is 10.6. The molecule has 5 nitrogen and oxygen atoms in total. The van der Waals surface area contributed by atoms with Crippen molar-refractivity contribution in [1.29, 1.82) is 0 Å². The van der Waals surface area contributed by atoms with E-state index in [1.807, 2.05) is 24.3 Å². The van der Waals surface area contributed by atoms with E-state index in [2.05, 4.69) is 20.7 Å². The molecule has 3 rings (SSSR count). The number of aromatic nitrogens is 2. The first kappa shape index (κ1) is 20.8. The van der Waals surface area contributed by atoms with Gasteiger partial charge in [0.1, 0.15) is 5.82 Å². The Morgan fingerprint density at radius 3 is 2.75 bits per heavy atom. The van der Waals surface area contributed by atoms with E-state index in [1.54, 1.807) is 23.9 Å². The fourth-order valence-corrected chi connectivity index (χ4v) is 5.09.